The normalized spacial score (nSPS) is 13.5. The largest absolute Gasteiger partial charge is 0.472 e. The quantitative estimate of drug-likeness (QED) is 0.789. The van der Waals surface area contributed by atoms with Gasteiger partial charge in [-0.2, -0.15) is 11.8 Å². The van der Waals surface area contributed by atoms with Crippen molar-refractivity contribution in [2.45, 2.75) is 25.1 Å². The van der Waals surface area contributed by atoms with Crippen LogP contribution in [0.2, 0.25) is 0 Å². The average molecular weight is 199 g/mol. The zero-order chi connectivity index (χ0) is 9.68. The van der Waals surface area contributed by atoms with Gasteiger partial charge in [-0.1, -0.05) is 13.8 Å². The van der Waals surface area contributed by atoms with Crippen molar-refractivity contribution < 1.29 is 4.42 Å². The van der Waals surface area contributed by atoms with E-state index in [0.717, 1.165) is 5.75 Å². The smallest absolute Gasteiger partial charge is 0.0950 e. The second-order valence-corrected chi connectivity index (χ2v) is 4.89. The lowest BCUT2D eigenvalue weighted by atomic mass is 10.2. The first kappa shape index (κ1) is 10.7. The van der Waals surface area contributed by atoms with E-state index in [1.54, 1.807) is 6.26 Å². The van der Waals surface area contributed by atoms with E-state index < -0.39 is 0 Å². The highest BCUT2D eigenvalue weighted by molar-refractivity contribution is 7.99. The zero-order valence-electron chi connectivity index (χ0n) is 8.41. The Bertz CT molecular complexity index is 221. The van der Waals surface area contributed by atoms with Gasteiger partial charge in [0.05, 0.1) is 12.5 Å². The first-order valence-electron chi connectivity index (χ1n) is 4.55. The number of nitrogens with one attached hydrogen (secondary N) is 1. The molecule has 2 nitrogen and oxygen atoms in total. The Morgan fingerprint density at radius 3 is 2.77 bits per heavy atom. The van der Waals surface area contributed by atoms with Crippen LogP contribution in [0.4, 0.5) is 0 Å². The molecule has 13 heavy (non-hydrogen) atoms. The van der Waals surface area contributed by atoms with Crippen LogP contribution in [-0.2, 0) is 0 Å². The van der Waals surface area contributed by atoms with Crippen LogP contribution in [0.3, 0.4) is 0 Å². The molecule has 0 aliphatic rings. The number of rotatable bonds is 5. The number of hydrogen-bond acceptors (Lipinski definition) is 3. The summed E-state index contributed by atoms with van der Waals surface area (Å²) in [6.45, 7) is 4.43. The monoisotopic (exact) mass is 199 g/mol. The highest BCUT2D eigenvalue weighted by Crippen LogP contribution is 2.20. The molecule has 0 fully saturated rings. The van der Waals surface area contributed by atoms with Gasteiger partial charge in [-0.3, -0.25) is 0 Å². The van der Waals surface area contributed by atoms with Gasteiger partial charge in [0.2, 0.25) is 0 Å². The summed E-state index contributed by atoms with van der Waals surface area (Å²) < 4.78 is 5.05. The molecule has 0 saturated heterocycles. The van der Waals surface area contributed by atoms with Gasteiger partial charge in [-0.25, -0.2) is 0 Å². The number of furan rings is 1. The molecule has 0 aliphatic carbocycles. The summed E-state index contributed by atoms with van der Waals surface area (Å²) in [5.74, 6) is 1.09. The first-order valence-corrected chi connectivity index (χ1v) is 5.60. The van der Waals surface area contributed by atoms with Gasteiger partial charge in [0, 0.05) is 17.4 Å². The minimum atomic E-state index is 0.408. The van der Waals surface area contributed by atoms with Crippen molar-refractivity contribution in [3.8, 4) is 0 Å². The molecule has 1 aromatic heterocycles. The summed E-state index contributed by atoms with van der Waals surface area (Å²) in [5, 5.41) is 3.96. The van der Waals surface area contributed by atoms with Crippen LogP contribution in [0.15, 0.2) is 23.0 Å². The van der Waals surface area contributed by atoms with Crippen LogP contribution in [0.25, 0.3) is 0 Å². The fourth-order valence-electron chi connectivity index (χ4n) is 1.11. The Morgan fingerprint density at radius 1 is 1.54 bits per heavy atom. The van der Waals surface area contributed by atoms with E-state index in [9.17, 15) is 0 Å². The molecule has 0 spiro atoms. The minimum absolute atomic E-state index is 0.408. The molecule has 1 unspecified atom stereocenters. The van der Waals surface area contributed by atoms with Crippen LogP contribution < -0.4 is 5.32 Å². The number of hydrogen-bond donors (Lipinski definition) is 1. The molecule has 0 amide bonds. The van der Waals surface area contributed by atoms with Gasteiger partial charge in [0.1, 0.15) is 0 Å². The Hall–Kier alpha value is -0.410. The molecule has 3 heteroatoms. The van der Waals surface area contributed by atoms with Crippen LogP contribution in [0.1, 0.15) is 25.5 Å². The molecule has 1 atom stereocenters. The van der Waals surface area contributed by atoms with Gasteiger partial charge >= 0.3 is 0 Å². The molecule has 1 aromatic rings. The van der Waals surface area contributed by atoms with Crippen molar-refractivity contribution in [3.63, 3.8) is 0 Å². The summed E-state index contributed by atoms with van der Waals surface area (Å²) in [4.78, 5) is 0. The molecule has 0 aromatic carbocycles. The number of thioether (sulfide) groups is 1. The summed E-state index contributed by atoms with van der Waals surface area (Å²) in [6.07, 6.45) is 3.53. The summed E-state index contributed by atoms with van der Waals surface area (Å²) in [7, 11) is 1.98. The third kappa shape index (κ3) is 3.44. The molecule has 74 valence electrons. The maximum absolute atomic E-state index is 5.05. The van der Waals surface area contributed by atoms with Crippen molar-refractivity contribution in [2.24, 2.45) is 0 Å². The Morgan fingerprint density at radius 2 is 2.31 bits per heavy atom. The molecule has 1 N–H and O–H groups in total. The highest BCUT2D eigenvalue weighted by atomic mass is 32.2. The van der Waals surface area contributed by atoms with Gasteiger partial charge in [0.15, 0.2) is 0 Å². The van der Waals surface area contributed by atoms with E-state index in [4.69, 9.17) is 4.42 Å². The predicted molar refractivity (Wildman–Crippen MR) is 58.1 cm³/mol. The lowest BCUT2D eigenvalue weighted by Crippen LogP contribution is -2.18. The van der Waals surface area contributed by atoms with Gasteiger partial charge in [-0.15, -0.1) is 0 Å². The Balaban J connectivity index is 2.44. The van der Waals surface area contributed by atoms with E-state index in [1.807, 2.05) is 31.1 Å². The summed E-state index contributed by atoms with van der Waals surface area (Å²) in [6, 6.07) is 2.42. The Kier molecular flexibility index (Phi) is 4.39. The van der Waals surface area contributed by atoms with E-state index in [-0.39, 0.29) is 0 Å². The van der Waals surface area contributed by atoms with Crippen molar-refractivity contribution in [1.82, 2.24) is 5.32 Å². The first-order chi connectivity index (χ1) is 6.24. The van der Waals surface area contributed by atoms with Gasteiger partial charge in [-0.05, 0) is 18.4 Å². The topological polar surface area (TPSA) is 25.2 Å². The molecule has 0 aliphatic heterocycles. The second kappa shape index (κ2) is 5.35. The summed E-state index contributed by atoms with van der Waals surface area (Å²) in [5.41, 5.74) is 1.23. The zero-order valence-corrected chi connectivity index (χ0v) is 9.23. The molecule has 1 heterocycles. The molecule has 0 bridgehead atoms. The lowest BCUT2D eigenvalue weighted by molar-refractivity contribution is 0.554. The molecule has 1 rings (SSSR count). The second-order valence-electron chi connectivity index (χ2n) is 3.28. The summed E-state index contributed by atoms with van der Waals surface area (Å²) >= 11 is 1.96. The third-order valence-electron chi connectivity index (χ3n) is 1.89. The van der Waals surface area contributed by atoms with Crippen molar-refractivity contribution >= 4 is 11.8 Å². The SMILES string of the molecule is CNC(CSC(C)C)c1ccoc1. The van der Waals surface area contributed by atoms with E-state index in [0.29, 0.717) is 11.3 Å². The van der Waals surface area contributed by atoms with Crippen molar-refractivity contribution in [3.05, 3.63) is 24.2 Å². The Labute approximate surface area is 84.1 Å². The maximum atomic E-state index is 5.05. The van der Waals surface area contributed by atoms with Crippen LogP contribution in [0, 0.1) is 0 Å². The predicted octanol–water partition coefficient (Wildman–Crippen LogP) is 2.68. The van der Waals surface area contributed by atoms with Crippen LogP contribution in [-0.4, -0.2) is 18.1 Å². The molecular weight excluding hydrogens is 182 g/mol. The minimum Gasteiger partial charge on any atom is -0.472 e. The lowest BCUT2D eigenvalue weighted by Gasteiger charge is -2.15. The van der Waals surface area contributed by atoms with Crippen LogP contribution >= 0.6 is 11.8 Å². The van der Waals surface area contributed by atoms with E-state index in [1.165, 1.54) is 5.56 Å². The highest BCUT2D eigenvalue weighted by Gasteiger charge is 2.10. The van der Waals surface area contributed by atoms with Gasteiger partial charge in [0.25, 0.3) is 0 Å². The molecule has 0 saturated carbocycles. The third-order valence-corrected chi connectivity index (χ3v) is 3.08. The molecular formula is C10H17NOS. The fraction of sp³-hybridized carbons (Fsp3) is 0.600. The fourth-order valence-corrected chi connectivity index (χ4v) is 2.04. The molecule has 0 radical (unpaired) electrons. The van der Waals surface area contributed by atoms with Crippen molar-refractivity contribution in [1.29, 1.82) is 0 Å². The van der Waals surface area contributed by atoms with E-state index >= 15 is 0 Å². The van der Waals surface area contributed by atoms with Gasteiger partial charge < -0.3 is 9.73 Å². The maximum Gasteiger partial charge on any atom is 0.0950 e. The van der Waals surface area contributed by atoms with Crippen LogP contribution in [0.5, 0.6) is 0 Å². The standard InChI is InChI=1S/C10H17NOS/c1-8(2)13-7-10(11-3)9-4-5-12-6-9/h4-6,8,10-11H,7H2,1-3H3. The average Bonchev–Trinajstić information content (AvgIpc) is 2.58. The van der Waals surface area contributed by atoms with E-state index in [2.05, 4.69) is 19.2 Å². The van der Waals surface area contributed by atoms with Crippen molar-refractivity contribution in [2.75, 3.05) is 12.8 Å².